The SMILES string of the molecule is CC(=O)Oc1ccc(OC(C)=O)cc1.COc1ccc(OC(=O)c2cccc(-c3ccc(C(C)=O)cc3)c2)cc1.O=C(O)c1ccc(-c2cccc(C(=O)O)c2)cc1. The molecule has 0 atom stereocenters. The van der Waals surface area contributed by atoms with Crippen molar-refractivity contribution in [2.45, 2.75) is 20.8 Å². The number of aromatic carboxylic acids is 2. The molecule has 0 saturated heterocycles. The minimum atomic E-state index is -0.987. The van der Waals surface area contributed by atoms with E-state index in [0.29, 0.717) is 34.1 Å². The second-order valence-corrected chi connectivity index (χ2v) is 12.2. The van der Waals surface area contributed by atoms with Crippen LogP contribution in [0.2, 0.25) is 0 Å². The molecule has 0 amide bonds. The average molecular weight is 783 g/mol. The molecule has 58 heavy (non-hydrogen) atoms. The Kier molecular flexibility index (Phi) is 15.3. The van der Waals surface area contributed by atoms with Gasteiger partial charge in [0.15, 0.2) is 5.78 Å². The third kappa shape index (κ3) is 13.2. The molecule has 0 heterocycles. The zero-order chi connectivity index (χ0) is 42.2. The van der Waals surface area contributed by atoms with Crippen molar-refractivity contribution < 1.29 is 57.9 Å². The second-order valence-electron chi connectivity index (χ2n) is 12.2. The van der Waals surface area contributed by atoms with Gasteiger partial charge in [-0.2, -0.15) is 0 Å². The summed E-state index contributed by atoms with van der Waals surface area (Å²) >= 11 is 0. The molecule has 2 N–H and O–H groups in total. The van der Waals surface area contributed by atoms with Gasteiger partial charge in [0.25, 0.3) is 0 Å². The molecule has 0 unspecified atom stereocenters. The predicted molar refractivity (Wildman–Crippen MR) is 215 cm³/mol. The summed E-state index contributed by atoms with van der Waals surface area (Å²) in [5.74, 6) is -1.16. The van der Waals surface area contributed by atoms with Crippen LogP contribution in [0.3, 0.4) is 0 Å². The highest BCUT2D eigenvalue weighted by atomic mass is 16.5. The van der Waals surface area contributed by atoms with Crippen LogP contribution in [0.15, 0.2) is 146 Å². The van der Waals surface area contributed by atoms with Crippen LogP contribution in [0, 0.1) is 0 Å². The van der Waals surface area contributed by atoms with Gasteiger partial charge < -0.3 is 29.2 Å². The maximum absolute atomic E-state index is 12.4. The first-order valence-corrected chi connectivity index (χ1v) is 17.4. The summed E-state index contributed by atoms with van der Waals surface area (Å²) in [6.07, 6.45) is 0. The van der Waals surface area contributed by atoms with Gasteiger partial charge in [0.05, 0.1) is 23.8 Å². The van der Waals surface area contributed by atoms with Gasteiger partial charge in [0.2, 0.25) is 0 Å². The molecule has 6 rings (SSSR count). The molecule has 0 spiro atoms. The van der Waals surface area contributed by atoms with Crippen LogP contribution < -0.4 is 18.9 Å². The Labute approximate surface area is 333 Å². The highest BCUT2D eigenvalue weighted by Gasteiger charge is 2.11. The first-order chi connectivity index (χ1) is 27.7. The minimum Gasteiger partial charge on any atom is -0.497 e. The number of rotatable bonds is 10. The number of carbonyl (C=O) groups is 6. The lowest BCUT2D eigenvalue weighted by Crippen LogP contribution is -2.08. The van der Waals surface area contributed by atoms with E-state index >= 15 is 0 Å². The predicted octanol–water partition coefficient (Wildman–Crippen LogP) is 9.07. The molecule has 0 fully saturated rings. The van der Waals surface area contributed by atoms with Gasteiger partial charge in [-0.15, -0.1) is 0 Å². The van der Waals surface area contributed by atoms with E-state index in [1.807, 2.05) is 18.2 Å². The topological polar surface area (TPSA) is 180 Å². The van der Waals surface area contributed by atoms with E-state index in [0.717, 1.165) is 22.3 Å². The van der Waals surface area contributed by atoms with Crippen molar-refractivity contribution in [3.05, 3.63) is 168 Å². The number of hydrogen-bond donors (Lipinski definition) is 2. The lowest BCUT2D eigenvalue weighted by Gasteiger charge is -2.08. The molecule has 0 aliphatic carbocycles. The Hall–Kier alpha value is -7.86. The van der Waals surface area contributed by atoms with Gasteiger partial charge in [-0.1, -0.05) is 60.7 Å². The van der Waals surface area contributed by atoms with Crippen molar-refractivity contribution in [1.29, 1.82) is 0 Å². The van der Waals surface area contributed by atoms with Gasteiger partial charge in [0, 0.05) is 19.4 Å². The van der Waals surface area contributed by atoms with Gasteiger partial charge in [-0.05, 0) is 114 Å². The summed E-state index contributed by atoms with van der Waals surface area (Å²) in [6, 6.07) is 40.3. The molecule has 0 aliphatic rings. The van der Waals surface area contributed by atoms with Gasteiger partial charge in [-0.3, -0.25) is 14.4 Å². The molecule has 294 valence electrons. The van der Waals surface area contributed by atoms with Crippen molar-refractivity contribution in [2.75, 3.05) is 7.11 Å². The lowest BCUT2D eigenvalue weighted by molar-refractivity contribution is -0.133. The van der Waals surface area contributed by atoms with E-state index in [2.05, 4.69) is 0 Å². The Bertz CT molecular complexity index is 2350. The van der Waals surface area contributed by atoms with Crippen LogP contribution in [0.4, 0.5) is 0 Å². The third-order valence-corrected chi connectivity index (χ3v) is 7.91. The maximum atomic E-state index is 12.4. The number of ketones is 1. The van der Waals surface area contributed by atoms with Crippen LogP contribution in [0.5, 0.6) is 23.0 Å². The number of carbonyl (C=O) groups excluding carboxylic acids is 4. The molecule has 0 aromatic heterocycles. The van der Waals surface area contributed by atoms with E-state index in [1.54, 1.807) is 116 Å². The Morgan fingerprint density at radius 1 is 0.397 bits per heavy atom. The minimum absolute atomic E-state index is 0.0216. The number of methoxy groups -OCH3 is 1. The van der Waals surface area contributed by atoms with E-state index < -0.39 is 17.9 Å². The van der Waals surface area contributed by atoms with Crippen LogP contribution >= 0.6 is 0 Å². The second kappa shape index (κ2) is 20.7. The smallest absolute Gasteiger partial charge is 0.343 e. The number of carboxylic acid groups (broad SMARTS) is 2. The van der Waals surface area contributed by atoms with Crippen molar-refractivity contribution in [3.63, 3.8) is 0 Å². The van der Waals surface area contributed by atoms with Crippen molar-refractivity contribution in [1.82, 2.24) is 0 Å². The fourth-order valence-corrected chi connectivity index (χ4v) is 5.08. The van der Waals surface area contributed by atoms with Gasteiger partial charge >= 0.3 is 29.8 Å². The molecular weight excluding hydrogens is 744 g/mol. The maximum Gasteiger partial charge on any atom is 0.343 e. The zero-order valence-corrected chi connectivity index (χ0v) is 31.8. The summed E-state index contributed by atoms with van der Waals surface area (Å²) in [5.41, 5.74) is 4.84. The molecule has 12 heteroatoms. The summed E-state index contributed by atoms with van der Waals surface area (Å²) in [4.78, 5) is 66.5. The molecule has 6 aromatic carbocycles. The fourth-order valence-electron chi connectivity index (χ4n) is 5.08. The van der Waals surface area contributed by atoms with Crippen molar-refractivity contribution in [3.8, 4) is 45.3 Å². The molecule has 0 aliphatic heterocycles. The number of Topliss-reactive ketones (excluding diaryl/α,β-unsaturated/α-hetero) is 1. The van der Waals surface area contributed by atoms with Crippen LogP contribution in [0.1, 0.15) is 62.2 Å². The number of ether oxygens (including phenoxy) is 4. The third-order valence-electron chi connectivity index (χ3n) is 7.91. The highest BCUT2D eigenvalue weighted by molar-refractivity contribution is 5.95. The first-order valence-electron chi connectivity index (χ1n) is 17.4. The van der Waals surface area contributed by atoms with E-state index in [9.17, 15) is 28.8 Å². The highest BCUT2D eigenvalue weighted by Crippen LogP contribution is 2.24. The van der Waals surface area contributed by atoms with Crippen molar-refractivity contribution >= 4 is 35.6 Å². The molecule has 0 saturated carbocycles. The van der Waals surface area contributed by atoms with Crippen LogP contribution in [-0.2, 0) is 9.59 Å². The largest absolute Gasteiger partial charge is 0.497 e. The van der Waals surface area contributed by atoms with E-state index in [4.69, 9.17) is 29.2 Å². The van der Waals surface area contributed by atoms with E-state index in [1.165, 1.54) is 39.0 Å². The van der Waals surface area contributed by atoms with Crippen LogP contribution in [-0.4, -0.2) is 53.0 Å². The summed E-state index contributed by atoms with van der Waals surface area (Å²) in [6.45, 7) is 4.17. The zero-order valence-electron chi connectivity index (χ0n) is 31.8. The fraction of sp³-hybridized carbons (Fsp3) is 0.0870. The summed E-state index contributed by atoms with van der Waals surface area (Å²) in [5, 5.41) is 17.7. The standard InChI is InChI=1S/C22H18O4.C14H10O4.C10H10O4/c1-15(23)16-6-8-17(9-7-16)18-4-3-5-19(14-18)22(24)26-21-12-10-20(25-2)11-13-21;15-13(16)10-6-4-9(5-7-10)11-2-1-3-12(8-11)14(17)18;1-7(11)13-9-3-5-10(6-4-9)14-8(2)12/h3-14H,1-2H3;1-8H,(H,15,16)(H,17,18);3-6H,1-2H3. The molecule has 0 radical (unpaired) electrons. The number of esters is 3. The number of carboxylic acids is 2. The first kappa shape index (κ1) is 42.9. The number of hydrogen-bond acceptors (Lipinski definition) is 10. The van der Waals surface area contributed by atoms with Gasteiger partial charge in [0.1, 0.15) is 23.0 Å². The normalized spacial score (nSPS) is 9.93. The Balaban J connectivity index is 0.000000204. The molecule has 0 bridgehead atoms. The monoisotopic (exact) mass is 782 g/mol. The van der Waals surface area contributed by atoms with Crippen molar-refractivity contribution in [2.24, 2.45) is 0 Å². The molecule has 12 nitrogen and oxygen atoms in total. The Morgan fingerprint density at radius 3 is 1.17 bits per heavy atom. The lowest BCUT2D eigenvalue weighted by atomic mass is 10.0. The van der Waals surface area contributed by atoms with E-state index in [-0.39, 0.29) is 28.8 Å². The van der Waals surface area contributed by atoms with Crippen LogP contribution in [0.25, 0.3) is 22.3 Å². The number of benzene rings is 6. The summed E-state index contributed by atoms with van der Waals surface area (Å²) < 4.78 is 20.1. The quantitative estimate of drug-likeness (QED) is 0.0766. The van der Waals surface area contributed by atoms with Gasteiger partial charge in [-0.25, -0.2) is 14.4 Å². The Morgan fingerprint density at radius 2 is 0.776 bits per heavy atom. The molecular formula is C46H38O12. The average Bonchev–Trinajstić information content (AvgIpc) is 3.22. The molecule has 6 aromatic rings. The summed E-state index contributed by atoms with van der Waals surface area (Å²) in [7, 11) is 1.58.